The highest BCUT2D eigenvalue weighted by molar-refractivity contribution is 5.97. The standard InChI is InChI=1S/C20H26N4O2/c1-14-21-17-8-7-16(13-18(17)22-14)20(26)24-10-4-9-23(11-12-24)19(25)15-5-2-3-6-15/h7-8,13,15H,2-6,9-12H2,1H3,(H,21,22). The first-order valence-electron chi connectivity index (χ1n) is 9.66. The maximum absolute atomic E-state index is 12.9. The van der Waals surface area contributed by atoms with Gasteiger partial charge in [-0.3, -0.25) is 9.59 Å². The summed E-state index contributed by atoms with van der Waals surface area (Å²) >= 11 is 0. The quantitative estimate of drug-likeness (QED) is 0.901. The zero-order chi connectivity index (χ0) is 18.1. The Morgan fingerprint density at radius 2 is 1.77 bits per heavy atom. The summed E-state index contributed by atoms with van der Waals surface area (Å²) in [6.07, 6.45) is 5.24. The molecule has 0 bridgehead atoms. The van der Waals surface area contributed by atoms with Gasteiger partial charge in [0.2, 0.25) is 5.91 Å². The number of carbonyl (C=O) groups excluding carboxylic acids is 2. The summed E-state index contributed by atoms with van der Waals surface area (Å²) in [5.74, 6) is 1.39. The molecule has 0 spiro atoms. The molecule has 1 saturated heterocycles. The summed E-state index contributed by atoms with van der Waals surface area (Å²) in [4.78, 5) is 37.0. The SMILES string of the molecule is Cc1nc2ccc(C(=O)N3CCCN(C(=O)C4CCCC4)CC3)cc2[nH]1. The Morgan fingerprint density at radius 3 is 2.58 bits per heavy atom. The molecule has 6 heteroatoms. The fourth-order valence-electron chi connectivity index (χ4n) is 4.22. The zero-order valence-corrected chi connectivity index (χ0v) is 15.3. The second-order valence-corrected chi connectivity index (χ2v) is 7.51. The van der Waals surface area contributed by atoms with E-state index in [1.807, 2.05) is 34.9 Å². The first kappa shape index (κ1) is 17.1. The number of hydrogen-bond acceptors (Lipinski definition) is 3. The molecule has 2 fully saturated rings. The van der Waals surface area contributed by atoms with Gasteiger partial charge in [-0.05, 0) is 44.4 Å². The number of nitrogens with one attached hydrogen (secondary N) is 1. The lowest BCUT2D eigenvalue weighted by Gasteiger charge is -2.24. The van der Waals surface area contributed by atoms with Crippen LogP contribution in [0, 0.1) is 12.8 Å². The van der Waals surface area contributed by atoms with Gasteiger partial charge in [0, 0.05) is 37.7 Å². The van der Waals surface area contributed by atoms with Crippen molar-refractivity contribution in [2.24, 2.45) is 5.92 Å². The van der Waals surface area contributed by atoms with Crippen LogP contribution in [0.3, 0.4) is 0 Å². The molecule has 2 aliphatic rings. The van der Waals surface area contributed by atoms with E-state index in [0.29, 0.717) is 31.1 Å². The van der Waals surface area contributed by atoms with Crippen LogP contribution in [0.15, 0.2) is 18.2 Å². The molecule has 2 heterocycles. The van der Waals surface area contributed by atoms with Crippen LogP contribution in [0.1, 0.15) is 48.3 Å². The molecular formula is C20H26N4O2. The molecule has 0 atom stereocenters. The Labute approximate surface area is 153 Å². The van der Waals surface area contributed by atoms with Gasteiger partial charge in [0.1, 0.15) is 5.82 Å². The molecule has 1 N–H and O–H groups in total. The predicted octanol–water partition coefficient (Wildman–Crippen LogP) is 2.74. The highest BCUT2D eigenvalue weighted by Crippen LogP contribution is 2.27. The number of fused-ring (bicyclic) bond motifs is 1. The summed E-state index contributed by atoms with van der Waals surface area (Å²) in [6.45, 7) is 4.63. The van der Waals surface area contributed by atoms with Crippen molar-refractivity contribution in [3.63, 3.8) is 0 Å². The van der Waals surface area contributed by atoms with Gasteiger partial charge in [-0.2, -0.15) is 0 Å². The highest BCUT2D eigenvalue weighted by atomic mass is 16.2. The van der Waals surface area contributed by atoms with E-state index in [1.165, 1.54) is 12.8 Å². The number of aryl methyl sites for hydroxylation is 1. The molecule has 1 aromatic carbocycles. The van der Waals surface area contributed by atoms with Crippen molar-refractivity contribution in [3.05, 3.63) is 29.6 Å². The maximum Gasteiger partial charge on any atom is 0.253 e. The van der Waals surface area contributed by atoms with E-state index in [0.717, 1.165) is 42.7 Å². The van der Waals surface area contributed by atoms with Crippen molar-refractivity contribution in [3.8, 4) is 0 Å². The van der Waals surface area contributed by atoms with Crippen LogP contribution in [0.5, 0.6) is 0 Å². The molecule has 138 valence electrons. The third kappa shape index (κ3) is 3.32. The minimum atomic E-state index is 0.0364. The van der Waals surface area contributed by atoms with Gasteiger partial charge < -0.3 is 14.8 Å². The minimum Gasteiger partial charge on any atom is -0.342 e. The molecule has 2 amide bonds. The number of imidazole rings is 1. The fraction of sp³-hybridized carbons (Fsp3) is 0.550. The van der Waals surface area contributed by atoms with Gasteiger partial charge in [-0.1, -0.05) is 12.8 Å². The zero-order valence-electron chi connectivity index (χ0n) is 15.3. The number of H-pyrrole nitrogens is 1. The van der Waals surface area contributed by atoms with Crippen LogP contribution in [0.4, 0.5) is 0 Å². The molecule has 2 aromatic rings. The van der Waals surface area contributed by atoms with Gasteiger partial charge in [-0.25, -0.2) is 4.98 Å². The molecule has 1 aromatic heterocycles. The Hall–Kier alpha value is -2.37. The second-order valence-electron chi connectivity index (χ2n) is 7.51. The third-order valence-electron chi connectivity index (χ3n) is 5.65. The van der Waals surface area contributed by atoms with Gasteiger partial charge >= 0.3 is 0 Å². The van der Waals surface area contributed by atoms with E-state index >= 15 is 0 Å². The smallest absolute Gasteiger partial charge is 0.253 e. The third-order valence-corrected chi connectivity index (χ3v) is 5.65. The van der Waals surface area contributed by atoms with E-state index in [9.17, 15) is 9.59 Å². The molecular weight excluding hydrogens is 328 g/mol. The number of carbonyl (C=O) groups is 2. The van der Waals surface area contributed by atoms with Gasteiger partial charge in [0.25, 0.3) is 5.91 Å². The van der Waals surface area contributed by atoms with E-state index in [2.05, 4.69) is 9.97 Å². The summed E-state index contributed by atoms with van der Waals surface area (Å²) < 4.78 is 0. The van der Waals surface area contributed by atoms with E-state index in [4.69, 9.17) is 0 Å². The molecule has 26 heavy (non-hydrogen) atoms. The molecule has 4 rings (SSSR count). The predicted molar refractivity (Wildman–Crippen MR) is 99.9 cm³/mol. The maximum atomic E-state index is 12.9. The van der Waals surface area contributed by atoms with Crippen LogP contribution < -0.4 is 0 Å². The van der Waals surface area contributed by atoms with Gasteiger partial charge in [0.15, 0.2) is 0 Å². The van der Waals surface area contributed by atoms with E-state index in [-0.39, 0.29) is 11.8 Å². The monoisotopic (exact) mass is 354 g/mol. The van der Waals surface area contributed by atoms with Crippen molar-refractivity contribution in [2.45, 2.75) is 39.0 Å². The first-order chi connectivity index (χ1) is 12.6. The second kappa shape index (κ2) is 7.09. The fourth-order valence-corrected chi connectivity index (χ4v) is 4.22. The average Bonchev–Trinajstić information content (AvgIpc) is 3.23. The number of hydrogen-bond donors (Lipinski definition) is 1. The molecule has 6 nitrogen and oxygen atoms in total. The number of aromatic nitrogens is 2. The molecule has 1 aliphatic heterocycles. The molecule has 1 aliphatic carbocycles. The Balaban J connectivity index is 1.44. The Morgan fingerprint density at radius 1 is 1.04 bits per heavy atom. The normalized spacial score (nSPS) is 19.1. The minimum absolute atomic E-state index is 0.0364. The lowest BCUT2D eigenvalue weighted by Crippen LogP contribution is -2.39. The lowest BCUT2D eigenvalue weighted by molar-refractivity contribution is -0.135. The molecule has 1 saturated carbocycles. The number of aromatic amines is 1. The summed E-state index contributed by atoms with van der Waals surface area (Å²) in [5.41, 5.74) is 2.45. The van der Waals surface area contributed by atoms with Crippen LogP contribution >= 0.6 is 0 Å². The highest BCUT2D eigenvalue weighted by Gasteiger charge is 2.29. The number of rotatable bonds is 2. The van der Waals surface area contributed by atoms with Gasteiger partial charge in [0.05, 0.1) is 11.0 Å². The molecule has 0 unspecified atom stereocenters. The van der Waals surface area contributed by atoms with E-state index in [1.54, 1.807) is 0 Å². The van der Waals surface area contributed by atoms with Crippen molar-refractivity contribution in [1.29, 1.82) is 0 Å². The lowest BCUT2D eigenvalue weighted by atomic mass is 10.1. The van der Waals surface area contributed by atoms with Crippen molar-refractivity contribution >= 4 is 22.8 Å². The summed E-state index contributed by atoms with van der Waals surface area (Å²) in [6, 6.07) is 5.61. The topological polar surface area (TPSA) is 69.3 Å². The van der Waals surface area contributed by atoms with Crippen molar-refractivity contribution in [1.82, 2.24) is 19.8 Å². The van der Waals surface area contributed by atoms with Crippen LogP contribution in [0.2, 0.25) is 0 Å². The van der Waals surface area contributed by atoms with Gasteiger partial charge in [-0.15, -0.1) is 0 Å². The van der Waals surface area contributed by atoms with Crippen LogP contribution in [-0.2, 0) is 4.79 Å². The number of nitrogens with zero attached hydrogens (tertiary/aromatic N) is 3. The summed E-state index contributed by atoms with van der Waals surface area (Å²) in [7, 11) is 0. The largest absolute Gasteiger partial charge is 0.342 e. The van der Waals surface area contributed by atoms with Crippen molar-refractivity contribution in [2.75, 3.05) is 26.2 Å². The van der Waals surface area contributed by atoms with Crippen LogP contribution in [0.25, 0.3) is 11.0 Å². The Kier molecular flexibility index (Phi) is 4.66. The summed E-state index contributed by atoms with van der Waals surface area (Å²) in [5, 5.41) is 0. The average molecular weight is 354 g/mol. The van der Waals surface area contributed by atoms with E-state index < -0.39 is 0 Å². The number of amides is 2. The molecule has 0 radical (unpaired) electrons. The first-order valence-corrected chi connectivity index (χ1v) is 9.66. The Bertz CT molecular complexity index is 822. The van der Waals surface area contributed by atoms with Crippen molar-refractivity contribution < 1.29 is 9.59 Å². The van der Waals surface area contributed by atoms with Crippen LogP contribution in [-0.4, -0.2) is 57.8 Å². The number of benzene rings is 1.